The molecule has 1 aliphatic heterocycles. The molecule has 17 heavy (non-hydrogen) atoms. The first-order valence-electron chi connectivity index (χ1n) is 5.61. The van der Waals surface area contributed by atoms with Crippen molar-refractivity contribution in [3.63, 3.8) is 0 Å². The molecule has 7 nitrogen and oxygen atoms in total. The van der Waals surface area contributed by atoms with Gasteiger partial charge in [0.05, 0.1) is 6.61 Å². The van der Waals surface area contributed by atoms with Gasteiger partial charge in [-0.1, -0.05) is 6.92 Å². The lowest BCUT2D eigenvalue weighted by Crippen LogP contribution is -2.63. The summed E-state index contributed by atoms with van der Waals surface area (Å²) < 4.78 is 5.11. The minimum atomic E-state index is -1.46. The van der Waals surface area contributed by atoms with Crippen molar-refractivity contribution in [2.24, 2.45) is 0 Å². The summed E-state index contributed by atoms with van der Waals surface area (Å²) in [6.45, 7) is 1.32. The predicted octanol–water partition coefficient (Wildman–Crippen LogP) is -2.30. The number of rotatable bonds is 4. The van der Waals surface area contributed by atoms with Crippen molar-refractivity contribution < 1.29 is 30.0 Å². The van der Waals surface area contributed by atoms with Crippen molar-refractivity contribution in [1.82, 2.24) is 5.32 Å². The molecule has 1 fully saturated rings. The first-order valence-corrected chi connectivity index (χ1v) is 5.61. The van der Waals surface area contributed by atoms with Gasteiger partial charge in [-0.3, -0.25) is 4.79 Å². The third-order valence-corrected chi connectivity index (χ3v) is 2.67. The summed E-state index contributed by atoms with van der Waals surface area (Å²) in [5, 5.41) is 39.9. The molecule has 1 amide bonds. The van der Waals surface area contributed by atoms with E-state index in [4.69, 9.17) is 9.84 Å². The maximum atomic E-state index is 11.3. The molecule has 0 aromatic rings. The molecule has 1 aliphatic rings. The highest BCUT2D eigenvalue weighted by Gasteiger charge is 2.43. The maximum absolute atomic E-state index is 11.3. The lowest BCUT2D eigenvalue weighted by atomic mass is 9.98. The highest BCUT2D eigenvalue weighted by molar-refractivity contribution is 5.76. The van der Waals surface area contributed by atoms with Crippen molar-refractivity contribution in [3.8, 4) is 0 Å². The smallest absolute Gasteiger partial charge is 0.222 e. The van der Waals surface area contributed by atoms with Gasteiger partial charge in [0.1, 0.15) is 24.4 Å². The van der Waals surface area contributed by atoms with E-state index in [1.807, 2.05) is 6.92 Å². The van der Waals surface area contributed by atoms with E-state index in [1.54, 1.807) is 0 Å². The Labute approximate surface area is 99.0 Å². The summed E-state index contributed by atoms with van der Waals surface area (Å²) in [6.07, 6.45) is -5.50. The molecule has 0 aromatic heterocycles. The number of nitrogens with one attached hydrogen (secondary N) is 1. The molecule has 1 rings (SSSR count). The zero-order valence-electron chi connectivity index (χ0n) is 9.61. The molecule has 0 spiro atoms. The van der Waals surface area contributed by atoms with Crippen molar-refractivity contribution in [1.29, 1.82) is 0 Å². The number of hydrogen-bond acceptors (Lipinski definition) is 6. The Morgan fingerprint density at radius 1 is 1.24 bits per heavy atom. The highest BCUT2D eigenvalue weighted by atomic mass is 16.6. The Balaban J connectivity index is 2.62. The lowest BCUT2D eigenvalue weighted by Gasteiger charge is -2.40. The zero-order valence-corrected chi connectivity index (χ0v) is 9.61. The first kappa shape index (κ1) is 14.3. The summed E-state index contributed by atoms with van der Waals surface area (Å²) in [6, 6.07) is 0. The summed E-state index contributed by atoms with van der Waals surface area (Å²) in [7, 11) is 0. The van der Waals surface area contributed by atoms with Crippen molar-refractivity contribution in [2.75, 3.05) is 6.61 Å². The van der Waals surface area contributed by atoms with E-state index in [-0.39, 0.29) is 12.3 Å². The van der Waals surface area contributed by atoms with Crippen LogP contribution in [0, 0.1) is 0 Å². The van der Waals surface area contributed by atoms with E-state index in [0.29, 0.717) is 6.42 Å². The SMILES string of the molecule is CCCC(=O)N[C@@H]1O[C@H](CO)[C@H](O)[C@@H](O)[C@H]1O. The van der Waals surface area contributed by atoms with Crippen LogP contribution in [-0.4, -0.2) is 63.6 Å². The Kier molecular flexibility index (Phi) is 5.29. The van der Waals surface area contributed by atoms with Gasteiger partial charge < -0.3 is 30.5 Å². The highest BCUT2D eigenvalue weighted by Crippen LogP contribution is 2.19. The van der Waals surface area contributed by atoms with Crippen LogP contribution in [0.2, 0.25) is 0 Å². The van der Waals surface area contributed by atoms with Gasteiger partial charge >= 0.3 is 0 Å². The second-order valence-electron chi connectivity index (χ2n) is 4.07. The van der Waals surface area contributed by atoms with Crippen molar-refractivity contribution in [3.05, 3.63) is 0 Å². The Hall–Kier alpha value is -0.730. The van der Waals surface area contributed by atoms with Crippen molar-refractivity contribution in [2.45, 2.75) is 50.4 Å². The predicted molar refractivity (Wildman–Crippen MR) is 56.8 cm³/mol. The fourth-order valence-corrected chi connectivity index (χ4v) is 1.68. The molecule has 0 radical (unpaired) electrons. The molecule has 1 saturated heterocycles. The number of hydrogen-bond donors (Lipinski definition) is 5. The molecule has 1 heterocycles. The summed E-state index contributed by atoms with van der Waals surface area (Å²) >= 11 is 0. The number of carbonyl (C=O) groups is 1. The molecule has 0 aliphatic carbocycles. The molecule has 5 atom stereocenters. The monoisotopic (exact) mass is 249 g/mol. The quantitative estimate of drug-likeness (QED) is 0.382. The normalized spacial score (nSPS) is 37.8. The van der Waals surface area contributed by atoms with E-state index in [2.05, 4.69) is 5.32 Å². The number of aliphatic hydroxyl groups excluding tert-OH is 4. The van der Waals surface area contributed by atoms with Crippen LogP contribution in [0.5, 0.6) is 0 Å². The van der Waals surface area contributed by atoms with Gasteiger partial charge in [0.2, 0.25) is 5.91 Å². The molecule has 5 N–H and O–H groups in total. The molecule has 7 heteroatoms. The molecule has 0 unspecified atom stereocenters. The fourth-order valence-electron chi connectivity index (χ4n) is 1.68. The van der Waals surface area contributed by atoms with Crippen LogP contribution < -0.4 is 5.32 Å². The van der Waals surface area contributed by atoms with E-state index in [1.165, 1.54) is 0 Å². The number of carbonyl (C=O) groups excluding carboxylic acids is 1. The van der Waals surface area contributed by atoms with E-state index >= 15 is 0 Å². The third kappa shape index (κ3) is 3.36. The molecular weight excluding hydrogens is 230 g/mol. The van der Waals surface area contributed by atoms with Gasteiger partial charge in [0.25, 0.3) is 0 Å². The first-order chi connectivity index (χ1) is 8.01. The van der Waals surface area contributed by atoms with E-state index in [0.717, 1.165) is 0 Å². The molecule has 0 saturated carbocycles. The van der Waals surface area contributed by atoms with Gasteiger partial charge in [-0.25, -0.2) is 0 Å². The molecule has 0 bridgehead atoms. The minimum Gasteiger partial charge on any atom is -0.394 e. The maximum Gasteiger partial charge on any atom is 0.222 e. The topological polar surface area (TPSA) is 119 Å². The van der Waals surface area contributed by atoms with Crippen LogP contribution in [0.25, 0.3) is 0 Å². The second kappa shape index (κ2) is 6.27. The van der Waals surface area contributed by atoms with Crippen LogP contribution in [0.1, 0.15) is 19.8 Å². The molecule has 100 valence electrons. The number of ether oxygens (including phenoxy) is 1. The van der Waals surface area contributed by atoms with Gasteiger partial charge in [-0.05, 0) is 6.42 Å². The van der Waals surface area contributed by atoms with E-state index in [9.17, 15) is 20.1 Å². The van der Waals surface area contributed by atoms with Crippen LogP contribution in [0.3, 0.4) is 0 Å². The number of amides is 1. The average molecular weight is 249 g/mol. The van der Waals surface area contributed by atoms with Crippen LogP contribution in [0.15, 0.2) is 0 Å². The van der Waals surface area contributed by atoms with Gasteiger partial charge in [-0.2, -0.15) is 0 Å². The number of aliphatic hydroxyl groups is 4. The molecule has 0 aromatic carbocycles. The third-order valence-electron chi connectivity index (χ3n) is 2.67. The zero-order chi connectivity index (χ0) is 13.0. The van der Waals surface area contributed by atoms with Crippen molar-refractivity contribution >= 4 is 5.91 Å². The minimum absolute atomic E-state index is 0.273. The average Bonchev–Trinajstić information content (AvgIpc) is 2.30. The Morgan fingerprint density at radius 3 is 2.41 bits per heavy atom. The van der Waals surface area contributed by atoms with Crippen LogP contribution in [-0.2, 0) is 9.53 Å². The largest absolute Gasteiger partial charge is 0.394 e. The fraction of sp³-hybridized carbons (Fsp3) is 0.900. The lowest BCUT2D eigenvalue weighted by molar-refractivity contribution is -0.235. The molecular formula is C10H19NO6. The summed E-state index contributed by atoms with van der Waals surface area (Å²) in [5.74, 6) is -0.322. The Bertz CT molecular complexity index is 259. The second-order valence-corrected chi connectivity index (χ2v) is 4.07. The van der Waals surface area contributed by atoms with Gasteiger partial charge in [0, 0.05) is 6.42 Å². The summed E-state index contributed by atoms with van der Waals surface area (Å²) in [4.78, 5) is 11.3. The van der Waals surface area contributed by atoms with Crippen LogP contribution in [0.4, 0.5) is 0 Å². The van der Waals surface area contributed by atoms with Gasteiger partial charge in [-0.15, -0.1) is 0 Å². The standard InChI is InChI=1S/C10H19NO6/c1-2-3-6(13)11-10-9(16)8(15)7(14)5(4-12)17-10/h5,7-10,12,14-16H,2-4H2,1H3,(H,11,13)/t5-,7+,8-,9-,10-/m1/s1. The Morgan fingerprint density at radius 2 is 1.88 bits per heavy atom. The van der Waals surface area contributed by atoms with Gasteiger partial charge in [0.15, 0.2) is 6.23 Å². The van der Waals surface area contributed by atoms with E-state index < -0.39 is 37.3 Å². The van der Waals surface area contributed by atoms with Crippen LogP contribution >= 0.6 is 0 Å². The summed E-state index contributed by atoms with van der Waals surface area (Å²) in [5.41, 5.74) is 0.